The van der Waals surface area contributed by atoms with Gasteiger partial charge in [0.2, 0.25) is 0 Å². The van der Waals surface area contributed by atoms with E-state index < -0.39 is 12.0 Å². The summed E-state index contributed by atoms with van der Waals surface area (Å²) in [6.07, 6.45) is 0.179. The molecule has 76 valence electrons. The number of hydrogen-bond donors (Lipinski definition) is 2. The molecule has 0 saturated carbocycles. The first-order valence-electron chi connectivity index (χ1n) is 4.56. The summed E-state index contributed by atoms with van der Waals surface area (Å²) in [5.41, 5.74) is 0.959. The van der Waals surface area contributed by atoms with E-state index in [4.69, 9.17) is 5.11 Å². The molecule has 3 heteroatoms. The highest BCUT2D eigenvalue weighted by Crippen LogP contribution is 2.08. The Kier molecular flexibility index (Phi) is 4.29. The number of hydrogen-bond acceptors (Lipinski definition) is 3. The Balaban J connectivity index is 2.56. The van der Waals surface area contributed by atoms with Crippen molar-refractivity contribution in [3.8, 4) is 0 Å². The lowest BCUT2D eigenvalue weighted by molar-refractivity contribution is -0.115. The molecule has 3 nitrogen and oxygen atoms in total. The van der Waals surface area contributed by atoms with Crippen LogP contribution in [0, 0.1) is 5.92 Å². The molecule has 0 aliphatic heterocycles. The third-order valence-electron chi connectivity index (χ3n) is 2.17. The number of aldehydes is 1. The minimum absolute atomic E-state index is 0.308. The summed E-state index contributed by atoms with van der Waals surface area (Å²) in [6, 6.07) is 9.39. The van der Waals surface area contributed by atoms with Crippen LogP contribution in [-0.4, -0.2) is 29.2 Å². The van der Waals surface area contributed by atoms with Gasteiger partial charge in [0.15, 0.2) is 0 Å². The van der Waals surface area contributed by atoms with Crippen molar-refractivity contribution in [2.24, 2.45) is 5.92 Å². The smallest absolute Gasteiger partial charge is 0.127 e. The molecule has 14 heavy (non-hydrogen) atoms. The highest BCUT2D eigenvalue weighted by Gasteiger charge is 2.17. The fraction of sp³-hybridized carbons (Fsp3) is 0.364. The van der Waals surface area contributed by atoms with E-state index >= 15 is 0 Å². The molecule has 0 spiro atoms. The average Bonchev–Trinajstić information content (AvgIpc) is 2.21. The molecule has 2 N–H and O–H groups in total. The van der Waals surface area contributed by atoms with Crippen LogP contribution in [0.25, 0.3) is 0 Å². The van der Waals surface area contributed by atoms with Gasteiger partial charge in [-0.2, -0.15) is 0 Å². The maximum Gasteiger partial charge on any atom is 0.127 e. The molecule has 0 aliphatic rings. The van der Waals surface area contributed by atoms with Crippen LogP contribution in [0.4, 0.5) is 0 Å². The summed E-state index contributed by atoms with van der Waals surface area (Å²) < 4.78 is 0. The lowest BCUT2D eigenvalue weighted by Crippen LogP contribution is -2.27. The van der Waals surface area contributed by atoms with Crippen LogP contribution in [0.5, 0.6) is 0 Å². The Morgan fingerprint density at radius 1 is 1.29 bits per heavy atom. The van der Waals surface area contributed by atoms with E-state index in [9.17, 15) is 9.90 Å². The Labute approximate surface area is 83.0 Å². The quantitative estimate of drug-likeness (QED) is 0.667. The molecule has 0 radical (unpaired) electrons. The van der Waals surface area contributed by atoms with Gasteiger partial charge in [0, 0.05) is 0 Å². The summed E-state index contributed by atoms with van der Waals surface area (Å²) in [7, 11) is 0. The zero-order valence-corrected chi connectivity index (χ0v) is 7.84. The van der Waals surface area contributed by atoms with Crippen LogP contribution in [-0.2, 0) is 11.2 Å². The first-order chi connectivity index (χ1) is 6.77. The summed E-state index contributed by atoms with van der Waals surface area (Å²) >= 11 is 0. The van der Waals surface area contributed by atoms with Crippen LogP contribution in [0.2, 0.25) is 0 Å². The number of carbonyl (C=O) groups is 1. The molecule has 1 rings (SSSR count). The van der Waals surface area contributed by atoms with Crippen molar-refractivity contribution in [2.75, 3.05) is 6.61 Å². The standard InChI is InChI=1S/C11H14O3/c12-7-10(8-13)11(14)6-9-4-2-1-3-5-9/h1-5,7,10-11,13-14H,6,8H2. The van der Waals surface area contributed by atoms with E-state index in [1.54, 1.807) is 0 Å². The van der Waals surface area contributed by atoms with Gasteiger partial charge < -0.3 is 15.0 Å². The molecule has 1 aromatic carbocycles. The minimum atomic E-state index is -0.806. The maximum atomic E-state index is 10.4. The van der Waals surface area contributed by atoms with Gasteiger partial charge in [-0.15, -0.1) is 0 Å². The van der Waals surface area contributed by atoms with Crippen LogP contribution in [0.3, 0.4) is 0 Å². The van der Waals surface area contributed by atoms with E-state index in [-0.39, 0.29) is 6.61 Å². The van der Waals surface area contributed by atoms with E-state index in [0.29, 0.717) is 12.7 Å². The van der Waals surface area contributed by atoms with Crippen molar-refractivity contribution in [1.82, 2.24) is 0 Å². The maximum absolute atomic E-state index is 10.4. The van der Waals surface area contributed by atoms with Gasteiger partial charge in [0.1, 0.15) is 6.29 Å². The van der Waals surface area contributed by atoms with Gasteiger partial charge in [0.25, 0.3) is 0 Å². The molecular formula is C11H14O3. The molecule has 0 bridgehead atoms. The van der Waals surface area contributed by atoms with Crippen LogP contribution in [0.15, 0.2) is 30.3 Å². The van der Waals surface area contributed by atoms with Gasteiger partial charge in [0.05, 0.1) is 18.6 Å². The van der Waals surface area contributed by atoms with Gasteiger partial charge in [-0.25, -0.2) is 0 Å². The third kappa shape index (κ3) is 2.94. The molecule has 0 heterocycles. The summed E-state index contributed by atoms with van der Waals surface area (Å²) in [5.74, 6) is -0.685. The molecule has 0 aromatic heterocycles. The fourth-order valence-corrected chi connectivity index (χ4v) is 1.26. The summed E-state index contributed by atoms with van der Waals surface area (Å²) in [4.78, 5) is 10.4. The van der Waals surface area contributed by atoms with Crippen LogP contribution >= 0.6 is 0 Å². The molecule has 0 saturated heterocycles. The average molecular weight is 194 g/mol. The van der Waals surface area contributed by atoms with E-state index in [2.05, 4.69) is 0 Å². The SMILES string of the molecule is O=CC(CO)C(O)Cc1ccccc1. The van der Waals surface area contributed by atoms with E-state index in [0.717, 1.165) is 5.56 Å². The highest BCUT2D eigenvalue weighted by atomic mass is 16.3. The van der Waals surface area contributed by atoms with Crippen molar-refractivity contribution >= 4 is 6.29 Å². The minimum Gasteiger partial charge on any atom is -0.396 e. The zero-order valence-electron chi connectivity index (χ0n) is 7.84. The van der Waals surface area contributed by atoms with Crippen molar-refractivity contribution in [3.05, 3.63) is 35.9 Å². The molecule has 0 aliphatic carbocycles. The topological polar surface area (TPSA) is 57.5 Å². The predicted octanol–water partition coefficient (Wildman–Crippen LogP) is 0.397. The van der Waals surface area contributed by atoms with Crippen molar-refractivity contribution in [2.45, 2.75) is 12.5 Å². The van der Waals surface area contributed by atoms with Crippen LogP contribution in [0.1, 0.15) is 5.56 Å². The zero-order chi connectivity index (χ0) is 10.4. The first-order valence-corrected chi connectivity index (χ1v) is 4.56. The Hall–Kier alpha value is -1.19. The third-order valence-corrected chi connectivity index (χ3v) is 2.17. The number of rotatable bonds is 5. The van der Waals surface area contributed by atoms with Gasteiger partial charge in [-0.3, -0.25) is 0 Å². The monoisotopic (exact) mass is 194 g/mol. The molecule has 1 aromatic rings. The van der Waals surface area contributed by atoms with Gasteiger partial charge in [-0.1, -0.05) is 30.3 Å². The largest absolute Gasteiger partial charge is 0.396 e. The number of aliphatic hydroxyl groups is 2. The van der Waals surface area contributed by atoms with Gasteiger partial charge in [-0.05, 0) is 12.0 Å². The molecule has 2 atom stereocenters. The lowest BCUT2D eigenvalue weighted by atomic mass is 9.98. The normalized spacial score (nSPS) is 14.7. The lowest BCUT2D eigenvalue weighted by Gasteiger charge is -2.14. The van der Waals surface area contributed by atoms with E-state index in [1.807, 2.05) is 30.3 Å². The predicted molar refractivity (Wildman–Crippen MR) is 52.8 cm³/mol. The second kappa shape index (κ2) is 5.52. The van der Waals surface area contributed by atoms with Crippen molar-refractivity contribution in [3.63, 3.8) is 0 Å². The summed E-state index contributed by atoms with van der Waals surface area (Å²) in [5, 5.41) is 18.4. The number of benzene rings is 1. The molecular weight excluding hydrogens is 180 g/mol. The van der Waals surface area contributed by atoms with E-state index in [1.165, 1.54) is 0 Å². The van der Waals surface area contributed by atoms with Gasteiger partial charge >= 0.3 is 0 Å². The van der Waals surface area contributed by atoms with Crippen molar-refractivity contribution < 1.29 is 15.0 Å². The second-order valence-corrected chi connectivity index (χ2v) is 3.24. The number of carbonyl (C=O) groups excluding carboxylic acids is 1. The van der Waals surface area contributed by atoms with Crippen molar-refractivity contribution in [1.29, 1.82) is 0 Å². The molecule has 0 fully saturated rings. The molecule has 0 amide bonds. The second-order valence-electron chi connectivity index (χ2n) is 3.24. The highest BCUT2D eigenvalue weighted by molar-refractivity contribution is 5.54. The Bertz CT molecular complexity index is 271. The fourth-order valence-electron chi connectivity index (χ4n) is 1.26. The molecule has 2 unspecified atom stereocenters. The Morgan fingerprint density at radius 2 is 1.93 bits per heavy atom. The Morgan fingerprint density at radius 3 is 2.43 bits per heavy atom. The number of aliphatic hydroxyl groups excluding tert-OH is 2. The van der Waals surface area contributed by atoms with Crippen LogP contribution < -0.4 is 0 Å². The first kappa shape index (κ1) is 10.9. The summed E-state index contributed by atoms with van der Waals surface area (Å²) in [6.45, 7) is -0.308.